The number of carbonyl (C=O) groups is 1. The highest BCUT2D eigenvalue weighted by Crippen LogP contribution is 2.12. The monoisotopic (exact) mass is 317 g/mol. The average molecular weight is 317 g/mol. The number of benzene rings is 1. The van der Waals surface area contributed by atoms with Gasteiger partial charge in [-0.2, -0.15) is 4.68 Å². The number of nitrogens with zero attached hydrogens (tertiary/aromatic N) is 4. The number of hydrogen-bond donors (Lipinski definition) is 3. The third-order valence-electron chi connectivity index (χ3n) is 3.40. The molecule has 0 bridgehead atoms. The van der Waals surface area contributed by atoms with Gasteiger partial charge in [0.15, 0.2) is 0 Å². The molecule has 1 atom stereocenters. The van der Waals surface area contributed by atoms with E-state index in [1.165, 1.54) is 0 Å². The number of amides is 1. The maximum Gasteiger partial charge on any atom is 0.248 e. The SMILES string of the molecule is CCC(Nc1nnnn1-c1ccccc1)C(=O)NCCCNC. The number of carbonyl (C=O) groups excluding carboxylic acids is 1. The summed E-state index contributed by atoms with van der Waals surface area (Å²) in [5.41, 5.74) is 0.837. The maximum atomic E-state index is 12.2. The fourth-order valence-electron chi connectivity index (χ4n) is 2.13. The zero-order valence-corrected chi connectivity index (χ0v) is 13.5. The fourth-order valence-corrected chi connectivity index (χ4v) is 2.13. The van der Waals surface area contributed by atoms with Crippen molar-refractivity contribution in [2.75, 3.05) is 25.5 Å². The Balaban J connectivity index is 2.00. The number of anilines is 1. The zero-order valence-electron chi connectivity index (χ0n) is 13.5. The van der Waals surface area contributed by atoms with Gasteiger partial charge >= 0.3 is 0 Å². The number of aromatic nitrogens is 4. The molecule has 1 aromatic heterocycles. The van der Waals surface area contributed by atoms with Crippen molar-refractivity contribution in [2.24, 2.45) is 0 Å². The summed E-state index contributed by atoms with van der Waals surface area (Å²) in [6.07, 6.45) is 1.53. The van der Waals surface area contributed by atoms with E-state index in [1.807, 2.05) is 44.3 Å². The van der Waals surface area contributed by atoms with E-state index in [1.54, 1.807) is 4.68 Å². The van der Waals surface area contributed by atoms with Crippen molar-refractivity contribution < 1.29 is 4.79 Å². The topological polar surface area (TPSA) is 96.8 Å². The Labute approximate surface area is 135 Å². The van der Waals surface area contributed by atoms with Gasteiger partial charge < -0.3 is 16.0 Å². The summed E-state index contributed by atoms with van der Waals surface area (Å²) in [6.45, 7) is 3.46. The van der Waals surface area contributed by atoms with Gasteiger partial charge in [-0.05, 0) is 49.0 Å². The normalized spacial score (nSPS) is 11.9. The van der Waals surface area contributed by atoms with Crippen molar-refractivity contribution in [1.82, 2.24) is 30.8 Å². The molecule has 0 saturated heterocycles. The molecule has 124 valence electrons. The molecule has 23 heavy (non-hydrogen) atoms. The molecule has 1 amide bonds. The van der Waals surface area contributed by atoms with E-state index in [-0.39, 0.29) is 11.9 Å². The molecule has 1 aromatic carbocycles. The van der Waals surface area contributed by atoms with E-state index < -0.39 is 0 Å². The molecule has 0 spiro atoms. The molecular formula is C15H23N7O. The molecule has 0 saturated carbocycles. The third-order valence-corrected chi connectivity index (χ3v) is 3.40. The molecule has 0 fully saturated rings. The van der Waals surface area contributed by atoms with Crippen LogP contribution in [-0.2, 0) is 4.79 Å². The first kappa shape index (κ1) is 16.9. The van der Waals surface area contributed by atoms with Crippen molar-refractivity contribution in [2.45, 2.75) is 25.8 Å². The number of nitrogens with one attached hydrogen (secondary N) is 3. The second-order valence-corrected chi connectivity index (χ2v) is 5.10. The van der Waals surface area contributed by atoms with E-state index in [9.17, 15) is 4.79 Å². The Morgan fingerprint density at radius 1 is 1.26 bits per heavy atom. The van der Waals surface area contributed by atoms with Gasteiger partial charge in [0, 0.05) is 6.54 Å². The predicted octanol–water partition coefficient (Wildman–Crippen LogP) is 0.579. The Kier molecular flexibility index (Phi) is 6.49. The Bertz CT molecular complexity index is 599. The van der Waals surface area contributed by atoms with Crippen molar-refractivity contribution in [3.8, 4) is 5.69 Å². The van der Waals surface area contributed by atoms with Gasteiger partial charge in [0.2, 0.25) is 11.9 Å². The van der Waals surface area contributed by atoms with Gasteiger partial charge in [-0.1, -0.05) is 30.2 Å². The first-order valence-electron chi connectivity index (χ1n) is 7.79. The standard InChI is InChI=1S/C15H23N7O/c1-3-13(14(23)17-11-7-10-16-2)18-15-19-20-21-22(15)12-8-5-4-6-9-12/h4-6,8-9,13,16H,3,7,10-11H2,1-2H3,(H,17,23)(H,18,19,21). The second kappa shape index (κ2) is 8.84. The average Bonchev–Trinajstić information content (AvgIpc) is 3.05. The minimum atomic E-state index is -0.377. The van der Waals surface area contributed by atoms with Crippen molar-refractivity contribution in [3.63, 3.8) is 0 Å². The van der Waals surface area contributed by atoms with Crippen molar-refractivity contribution >= 4 is 11.9 Å². The number of tetrazole rings is 1. The molecule has 0 radical (unpaired) electrons. The molecule has 2 aromatic rings. The van der Waals surface area contributed by atoms with Gasteiger partial charge in [0.05, 0.1) is 5.69 Å². The Morgan fingerprint density at radius 2 is 2.04 bits per heavy atom. The lowest BCUT2D eigenvalue weighted by Crippen LogP contribution is -2.40. The number of para-hydroxylation sites is 1. The Morgan fingerprint density at radius 3 is 2.74 bits per heavy atom. The van der Waals surface area contributed by atoms with E-state index >= 15 is 0 Å². The smallest absolute Gasteiger partial charge is 0.248 e. The van der Waals surface area contributed by atoms with Gasteiger partial charge in [0.1, 0.15) is 6.04 Å². The van der Waals surface area contributed by atoms with E-state index in [2.05, 4.69) is 31.5 Å². The third kappa shape index (κ3) is 4.75. The highest BCUT2D eigenvalue weighted by molar-refractivity contribution is 5.84. The Hall–Kier alpha value is -2.48. The fraction of sp³-hybridized carbons (Fsp3) is 0.467. The van der Waals surface area contributed by atoms with Crippen LogP contribution in [0, 0.1) is 0 Å². The number of rotatable bonds is 9. The minimum Gasteiger partial charge on any atom is -0.354 e. The van der Waals surface area contributed by atoms with Crippen LogP contribution >= 0.6 is 0 Å². The van der Waals surface area contributed by atoms with Crippen LogP contribution in [0.15, 0.2) is 30.3 Å². The summed E-state index contributed by atoms with van der Waals surface area (Å²) in [5, 5.41) is 20.7. The lowest BCUT2D eigenvalue weighted by atomic mass is 10.2. The van der Waals surface area contributed by atoms with Crippen molar-refractivity contribution in [1.29, 1.82) is 0 Å². The van der Waals surface area contributed by atoms with E-state index in [4.69, 9.17) is 0 Å². The molecule has 0 aliphatic heterocycles. The molecule has 8 heteroatoms. The highest BCUT2D eigenvalue weighted by Gasteiger charge is 2.19. The van der Waals surface area contributed by atoms with Crippen LogP contribution in [0.3, 0.4) is 0 Å². The van der Waals surface area contributed by atoms with Crippen LogP contribution in [-0.4, -0.2) is 52.3 Å². The first-order chi connectivity index (χ1) is 11.3. The van der Waals surface area contributed by atoms with Crippen LogP contribution in [0.1, 0.15) is 19.8 Å². The van der Waals surface area contributed by atoms with Crippen LogP contribution in [0.25, 0.3) is 5.69 Å². The number of hydrogen-bond acceptors (Lipinski definition) is 6. The van der Waals surface area contributed by atoms with Crippen LogP contribution < -0.4 is 16.0 Å². The molecule has 2 rings (SSSR count). The predicted molar refractivity (Wildman–Crippen MR) is 88.4 cm³/mol. The van der Waals surface area contributed by atoms with Gasteiger partial charge in [-0.25, -0.2) is 0 Å². The quantitative estimate of drug-likeness (QED) is 0.585. The molecule has 3 N–H and O–H groups in total. The molecule has 0 aliphatic carbocycles. The van der Waals surface area contributed by atoms with E-state index in [0.717, 1.165) is 18.7 Å². The van der Waals surface area contributed by atoms with Crippen LogP contribution in [0.2, 0.25) is 0 Å². The lowest BCUT2D eigenvalue weighted by Gasteiger charge is -2.17. The second-order valence-electron chi connectivity index (χ2n) is 5.10. The molecule has 0 aliphatic rings. The summed E-state index contributed by atoms with van der Waals surface area (Å²) < 4.78 is 1.58. The molecular weight excluding hydrogens is 294 g/mol. The van der Waals surface area contributed by atoms with Crippen molar-refractivity contribution in [3.05, 3.63) is 30.3 Å². The minimum absolute atomic E-state index is 0.0498. The summed E-state index contributed by atoms with van der Waals surface area (Å²) >= 11 is 0. The first-order valence-corrected chi connectivity index (χ1v) is 7.79. The zero-order chi connectivity index (χ0) is 16.5. The molecule has 1 unspecified atom stereocenters. The summed E-state index contributed by atoms with van der Waals surface area (Å²) in [5.74, 6) is 0.402. The largest absolute Gasteiger partial charge is 0.354 e. The summed E-state index contributed by atoms with van der Waals surface area (Å²) in [4.78, 5) is 12.2. The maximum absolute atomic E-state index is 12.2. The van der Waals surface area contributed by atoms with E-state index in [0.29, 0.717) is 18.9 Å². The van der Waals surface area contributed by atoms with Crippen LogP contribution in [0.5, 0.6) is 0 Å². The molecule has 1 heterocycles. The summed E-state index contributed by atoms with van der Waals surface area (Å²) in [6, 6.07) is 9.17. The van der Waals surface area contributed by atoms with Gasteiger partial charge in [-0.3, -0.25) is 4.79 Å². The van der Waals surface area contributed by atoms with Crippen LogP contribution in [0.4, 0.5) is 5.95 Å². The van der Waals surface area contributed by atoms with Gasteiger partial charge in [-0.15, -0.1) is 0 Å². The van der Waals surface area contributed by atoms with Gasteiger partial charge in [0.25, 0.3) is 0 Å². The highest BCUT2D eigenvalue weighted by atomic mass is 16.2. The summed E-state index contributed by atoms with van der Waals surface area (Å²) in [7, 11) is 1.89. The lowest BCUT2D eigenvalue weighted by molar-refractivity contribution is -0.121. The molecule has 8 nitrogen and oxygen atoms in total.